The molecule has 6 heteroatoms. The van der Waals surface area contributed by atoms with Crippen molar-refractivity contribution in [3.05, 3.63) is 28.5 Å². The molecular formula is C12H16BrN3O2. The van der Waals surface area contributed by atoms with Gasteiger partial charge in [0.1, 0.15) is 5.69 Å². The van der Waals surface area contributed by atoms with Crippen LogP contribution < -0.4 is 5.32 Å². The van der Waals surface area contributed by atoms with Gasteiger partial charge in [-0.05, 0) is 34.5 Å². The lowest BCUT2D eigenvalue weighted by molar-refractivity contribution is -0.121. The molecule has 0 saturated carbocycles. The Morgan fingerprint density at radius 3 is 2.72 bits per heavy atom. The first-order chi connectivity index (χ1) is 8.54. The number of amides is 2. The zero-order valence-electron chi connectivity index (χ0n) is 10.4. The molecule has 0 aliphatic heterocycles. The molecule has 0 saturated heterocycles. The number of hydrogen-bond donors (Lipinski definition) is 1. The van der Waals surface area contributed by atoms with E-state index in [9.17, 15) is 9.59 Å². The summed E-state index contributed by atoms with van der Waals surface area (Å²) in [6, 6.07) is 3.36. The van der Waals surface area contributed by atoms with Gasteiger partial charge in [0.25, 0.3) is 5.91 Å². The lowest BCUT2D eigenvalue weighted by Crippen LogP contribution is -2.38. The Balaban J connectivity index is 2.56. The summed E-state index contributed by atoms with van der Waals surface area (Å²) in [5, 5.41) is 2.72. The van der Waals surface area contributed by atoms with E-state index < -0.39 is 0 Å². The second-order valence-electron chi connectivity index (χ2n) is 3.87. The van der Waals surface area contributed by atoms with Gasteiger partial charge in [-0.25, -0.2) is 4.98 Å². The number of carbonyl (C=O) groups is 2. The van der Waals surface area contributed by atoms with Gasteiger partial charge < -0.3 is 10.2 Å². The molecule has 1 heterocycles. The first-order valence-corrected chi connectivity index (χ1v) is 6.47. The third-order valence-electron chi connectivity index (χ3n) is 2.25. The van der Waals surface area contributed by atoms with Crippen molar-refractivity contribution in [1.29, 1.82) is 0 Å². The lowest BCUT2D eigenvalue weighted by Gasteiger charge is -2.16. The van der Waals surface area contributed by atoms with Crippen molar-refractivity contribution in [2.24, 2.45) is 0 Å². The summed E-state index contributed by atoms with van der Waals surface area (Å²) in [5.41, 5.74) is 0.323. The highest BCUT2D eigenvalue weighted by molar-refractivity contribution is 9.10. The number of rotatable bonds is 5. The van der Waals surface area contributed by atoms with E-state index in [0.717, 1.165) is 10.9 Å². The Bertz CT molecular complexity index is 420. The van der Waals surface area contributed by atoms with Gasteiger partial charge in [0.15, 0.2) is 0 Å². The minimum Gasteiger partial charge on any atom is -0.355 e. The lowest BCUT2D eigenvalue weighted by atomic mass is 10.3. The van der Waals surface area contributed by atoms with Crippen molar-refractivity contribution in [3.8, 4) is 0 Å². The highest BCUT2D eigenvalue weighted by atomic mass is 79.9. The first kappa shape index (κ1) is 14.6. The van der Waals surface area contributed by atoms with Gasteiger partial charge in [0, 0.05) is 24.3 Å². The molecule has 18 heavy (non-hydrogen) atoms. The van der Waals surface area contributed by atoms with E-state index in [1.54, 1.807) is 25.4 Å². The van der Waals surface area contributed by atoms with Crippen LogP contribution in [0.4, 0.5) is 0 Å². The van der Waals surface area contributed by atoms with E-state index in [1.165, 1.54) is 4.90 Å². The number of hydrogen-bond acceptors (Lipinski definition) is 3. The Hall–Kier alpha value is -1.43. The Kier molecular flexibility index (Phi) is 5.77. The molecule has 0 atom stereocenters. The second-order valence-corrected chi connectivity index (χ2v) is 4.79. The Labute approximate surface area is 115 Å². The molecule has 0 aliphatic rings. The minimum atomic E-state index is -0.269. The molecule has 1 aromatic rings. The highest BCUT2D eigenvalue weighted by Gasteiger charge is 2.15. The maximum atomic E-state index is 11.9. The summed E-state index contributed by atoms with van der Waals surface area (Å²) >= 11 is 3.25. The summed E-state index contributed by atoms with van der Waals surface area (Å²) in [5.74, 6) is -0.432. The van der Waals surface area contributed by atoms with Crippen LogP contribution in [-0.4, -0.2) is 41.8 Å². The van der Waals surface area contributed by atoms with Crippen LogP contribution in [-0.2, 0) is 4.79 Å². The maximum absolute atomic E-state index is 11.9. The van der Waals surface area contributed by atoms with Crippen LogP contribution in [0, 0.1) is 0 Å². The molecule has 0 unspecified atom stereocenters. The van der Waals surface area contributed by atoms with Gasteiger partial charge in [-0.15, -0.1) is 0 Å². The van der Waals surface area contributed by atoms with Crippen LogP contribution in [0.25, 0.3) is 0 Å². The molecule has 98 valence electrons. The van der Waals surface area contributed by atoms with Gasteiger partial charge in [-0.2, -0.15) is 0 Å². The standard InChI is InChI=1S/C12H16BrN3O2/c1-3-6-14-11(17)8-16(2)12(18)10-5-4-9(13)7-15-10/h4-5,7H,3,6,8H2,1-2H3,(H,14,17). The molecule has 1 N–H and O–H groups in total. The number of halogens is 1. The number of likely N-dealkylation sites (N-methyl/N-ethyl adjacent to an activating group) is 1. The van der Waals surface area contributed by atoms with E-state index in [-0.39, 0.29) is 18.4 Å². The van der Waals surface area contributed by atoms with E-state index in [2.05, 4.69) is 26.2 Å². The summed E-state index contributed by atoms with van der Waals surface area (Å²) in [7, 11) is 1.58. The van der Waals surface area contributed by atoms with Gasteiger partial charge in [-0.1, -0.05) is 6.92 Å². The van der Waals surface area contributed by atoms with Crippen LogP contribution in [0.15, 0.2) is 22.8 Å². The molecular weight excluding hydrogens is 298 g/mol. The van der Waals surface area contributed by atoms with Crippen LogP contribution in [0.3, 0.4) is 0 Å². The van der Waals surface area contributed by atoms with E-state index in [4.69, 9.17) is 0 Å². The van der Waals surface area contributed by atoms with E-state index in [0.29, 0.717) is 12.2 Å². The fourth-order valence-corrected chi connectivity index (χ4v) is 1.54. The maximum Gasteiger partial charge on any atom is 0.272 e. The van der Waals surface area contributed by atoms with Crippen molar-refractivity contribution in [1.82, 2.24) is 15.2 Å². The summed E-state index contributed by atoms with van der Waals surface area (Å²) < 4.78 is 0.808. The summed E-state index contributed by atoms with van der Waals surface area (Å²) in [4.78, 5) is 28.8. The number of pyridine rings is 1. The van der Waals surface area contributed by atoms with Crippen LogP contribution in [0.5, 0.6) is 0 Å². The van der Waals surface area contributed by atoms with Crippen molar-refractivity contribution in [2.45, 2.75) is 13.3 Å². The van der Waals surface area contributed by atoms with Gasteiger partial charge in [-0.3, -0.25) is 9.59 Å². The minimum absolute atomic E-state index is 0.0383. The zero-order chi connectivity index (χ0) is 13.5. The molecule has 2 amide bonds. The SMILES string of the molecule is CCCNC(=O)CN(C)C(=O)c1ccc(Br)cn1. The molecule has 1 rings (SSSR count). The van der Waals surface area contributed by atoms with Crippen molar-refractivity contribution < 1.29 is 9.59 Å². The molecule has 0 fully saturated rings. The topological polar surface area (TPSA) is 62.3 Å². The van der Waals surface area contributed by atoms with E-state index in [1.807, 2.05) is 6.92 Å². The fourth-order valence-electron chi connectivity index (χ4n) is 1.31. The van der Waals surface area contributed by atoms with Crippen LogP contribution in [0.2, 0.25) is 0 Å². The van der Waals surface area contributed by atoms with Crippen molar-refractivity contribution >= 4 is 27.7 Å². The molecule has 0 aliphatic carbocycles. The third kappa shape index (κ3) is 4.44. The van der Waals surface area contributed by atoms with Crippen molar-refractivity contribution in [3.63, 3.8) is 0 Å². The molecule has 5 nitrogen and oxygen atoms in total. The predicted octanol–water partition coefficient (Wildman–Crippen LogP) is 1.44. The van der Waals surface area contributed by atoms with Crippen LogP contribution in [0.1, 0.15) is 23.8 Å². The predicted molar refractivity (Wildman–Crippen MR) is 72.2 cm³/mol. The molecule has 0 aromatic carbocycles. The zero-order valence-corrected chi connectivity index (χ0v) is 12.0. The molecule has 0 radical (unpaired) electrons. The average molecular weight is 314 g/mol. The third-order valence-corrected chi connectivity index (χ3v) is 2.72. The summed E-state index contributed by atoms with van der Waals surface area (Å²) in [6.45, 7) is 2.63. The number of nitrogens with zero attached hydrogens (tertiary/aromatic N) is 2. The molecule has 0 bridgehead atoms. The monoisotopic (exact) mass is 313 g/mol. The van der Waals surface area contributed by atoms with Crippen LogP contribution >= 0.6 is 15.9 Å². The van der Waals surface area contributed by atoms with Crippen molar-refractivity contribution in [2.75, 3.05) is 20.1 Å². The summed E-state index contributed by atoms with van der Waals surface area (Å²) in [6.07, 6.45) is 2.43. The molecule has 0 spiro atoms. The van der Waals surface area contributed by atoms with Gasteiger partial charge in [0.2, 0.25) is 5.91 Å². The second kappa shape index (κ2) is 7.10. The Morgan fingerprint density at radius 1 is 1.44 bits per heavy atom. The smallest absolute Gasteiger partial charge is 0.272 e. The largest absolute Gasteiger partial charge is 0.355 e. The highest BCUT2D eigenvalue weighted by Crippen LogP contribution is 2.08. The number of nitrogens with one attached hydrogen (secondary N) is 1. The first-order valence-electron chi connectivity index (χ1n) is 5.68. The van der Waals surface area contributed by atoms with Gasteiger partial charge in [0.05, 0.1) is 6.54 Å². The average Bonchev–Trinajstić information content (AvgIpc) is 2.36. The van der Waals surface area contributed by atoms with E-state index >= 15 is 0 Å². The van der Waals surface area contributed by atoms with Gasteiger partial charge >= 0.3 is 0 Å². The molecule has 1 aromatic heterocycles. The number of aromatic nitrogens is 1. The quantitative estimate of drug-likeness (QED) is 0.894. The fraction of sp³-hybridized carbons (Fsp3) is 0.417. The number of carbonyl (C=O) groups excluding carboxylic acids is 2. The Morgan fingerprint density at radius 2 is 2.17 bits per heavy atom. The normalized spacial score (nSPS) is 9.94.